The van der Waals surface area contributed by atoms with E-state index in [0.717, 1.165) is 31.6 Å². The molecule has 8 nitrogen and oxygen atoms in total. The van der Waals surface area contributed by atoms with E-state index in [-0.39, 0.29) is 22.4 Å². The highest BCUT2D eigenvalue weighted by molar-refractivity contribution is 7.90. The number of piperazine rings is 1. The van der Waals surface area contributed by atoms with Gasteiger partial charge in [-0.25, -0.2) is 4.79 Å². The van der Waals surface area contributed by atoms with Crippen LogP contribution in [-0.2, 0) is 21.6 Å². The molecule has 4 rings (SSSR count). The summed E-state index contributed by atoms with van der Waals surface area (Å²) in [6.07, 6.45) is 3.42. The van der Waals surface area contributed by atoms with Gasteiger partial charge in [0.1, 0.15) is 10.5 Å². The van der Waals surface area contributed by atoms with Crippen LogP contribution in [0.4, 0.5) is 4.79 Å². The van der Waals surface area contributed by atoms with Crippen molar-refractivity contribution in [2.45, 2.75) is 56.9 Å². The number of aromatic nitrogens is 1. The molecule has 196 valence electrons. The van der Waals surface area contributed by atoms with Crippen LogP contribution in [0, 0.1) is 0 Å². The van der Waals surface area contributed by atoms with Crippen LogP contribution in [-0.4, -0.2) is 69.6 Å². The number of carbonyl (C=O) groups excluding carboxylic acids is 1. The maximum Gasteiger partial charge on any atom is 0.415 e. The molecule has 2 aromatic rings. The van der Waals surface area contributed by atoms with Gasteiger partial charge in [-0.1, -0.05) is 24.3 Å². The second-order valence-corrected chi connectivity index (χ2v) is 12.5. The number of ether oxygens (including phenoxy) is 2. The van der Waals surface area contributed by atoms with Crippen molar-refractivity contribution in [3.05, 3.63) is 59.9 Å². The third kappa shape index (κ3) is 6.20. The minimum atomic E-state index is -1.17. The fourth-order valence-corrected chi connectivity index (χ4v) is 5.60. The highest BCUT2D eigenvalue weighted by atomic mass is 32.2. The van der Waals surface area contributed by atoms with Crippen LogP contribution in [0.15, 0.2) is 48.7 Å². The van der Waals surface area contributed by atoms with Gasteiger partial charge >= 0.3 is 6.09 Å². The summed E-state index contributed by atoms with van der Waals surface area (Å²) in [5.41, 5.74) is 1.86. The highest BCUT2D eigenvalue weighted by Gasteiger charge is 2.42. The van der Waals surface area contributed by atoms with Crippen molar-refractivity contribution in [3.63, 3.8) is 0 Å². The fraction of sp³-hybridized carbons (Fsp3) is 0.556. The SMILES string of the molecule is C[C@H](N[S+]([O-])C(C)(C)C)c1ccc(C2(N3CCN(C(=O)Oc4ccccc4)CC3)CCOCC2)cn1. The van der Waals surface area contributed by atoms with Crippen molar-refractivity contribution in [1.82, 2.24) is 19.5 Å². The van der Waals surface area contributed by atoms with E-state index in [0.29, 0.717) is 32.1 Å². The Balaban J connectivity index is 1.43. The molecular formula is C27H38N4O4S. The lowest BCUT2D eigenvalue weighted by Gasteiger charge is -2.49. The monoisotopic (exact) mass is 514 g/mol. The predicted octanol–water partition coefficient (Wildman–Crippen LogP) is 4.02. The van der Waals surface area contributed by atoms with Gasteiger partial charge in [-0.05, 0) is 64.3 Å². The Labute approximate surface area is 217 Å². The molecule has 2 fully saturated rings. The van der Waals surface area contributed by atoms with Gasteiger partial charge in [0.25, 0.3) is 0 Å². The van der Waals surface area contributed by atoms with E-state index in [1.807, 2.05) is 58.2 Å². The molecule has 1 N–H and O–H groups in total. The first-order valence-electron chi connectivity index (χ1n) is 12.7. The van der Waals surface area contributed by atoms with E-state index in [1.54, 1.807) is 17.0 Å². The summed E-state index contributed by atoms with van der Waals surface area (Å²) >= 11 is -1.17. The Morgan fingerprint density at radius 2 is 1.78 bits per heavy atom. The fourth-order valence-electron chi connectivity index (χ4n) is 4.80. The summed E-state index contributed by atoms with van der Waals surface area (Å²) in [5, 5.41) is 0. The molecule has 0 bridgehead atoms. The van der Waals surface area contributed by atoms with E-state index in [2.05, 4.69) is 15.7 Å². The Morgan fingerprint density at radius 1 is 1.11 bits per heavy atom. The van der Waals surface area contributed by atoms with Crippen LogP contribution in [0.5, 0.6) is 5.75 Å². The van der Waals surface area contributed by atoms with E-state index >= 15 is 0 Å². The van der Waals surface area contributed by atoms with Crippen molar-refractivity contribution in [3.8, 4) is 5.75 Å². The smallest absolute Gasteiger partial charge is 0.415 e. The first-order valence-corrected chi connectivity index (χ1v) is 13.8. The van der Waals surface area contributed by atoms with Crippen LogP contribution >= 0.6 is 0 Å². The lowest BCUT2D eigenvalue weighted by Crippen LogP contribution is -2.58. The van der Waals surface area contributed by atoms with Gasteiger partial charge in [-0.3, -0.25) is 9.88 Å². The minimum Gasteiger partial charge on any atom is -0.598 e. The molecule has 9 heteroatoms. The third-order valence-corrected chi connectivity index (χ3v) is 8.70. The molecule has 2 saturated heterocycles. The van der Waals surface area contributed by atoms with E-state index in [9.17, 15) is 9.35 Å². The highest BCUT2D eigenvalue weighted by Crippen LogP contribution is 2.39. The molecule has 1 amide bonds. The number of nitrogens with zero attached hydrogens (tertiary/aromatic N) is 3. The Kier molecular flexibility index (Phi) is 8.57. The lowest BCUT2D eigenvalue weighted by atomic mass is 9.81. The Hall–Kier alpha value is -2.17. The van der Waals surface area contributed by atoms with Crippen LogP contribution < -0.4 is 9.46 Å². The number of amides is 1. The molecule has 0 saturated carbocycles. The van der Waals surface area contributed by atoms with Crippen molar-refractivity contribution >= 4 is 17.5 Å². The number of rotatable bonds is 6. The summed E-state index contributed by atoms with van der Waals surface area (Å²) in [6, 6.07) is 13.3. The summed E-state index contributed by atoms with van der Waals surface area (Å²) in [7, 11) is 0. The van der Waals surface area contributed by atoms with Crippen molar-refractivity contribution < 1.29 is 18.8 Å². The molecule has 1 unspecified atom stereocenters. The normalized spacial score (nSPS) is 20.5. The first kappa shape index (κ1) is 26.9. The number of nitrogens with one attached hydrogen (secondary N) is 1. The van der Waals surface area contributed by atoms with Gasteiger partial charge in [-0.2, -0.15) is 0 Å². The second-order valence-electron chi connectivity index (χ2n) is 10.5. The van der Waals surface area contributed by atoms with Gasteiger partial charge in [0.05, 0.1) is 17.3 Å². The van der Waals surface area contributed by atoms with Gasteiger partial charge in [0, 0.05) is 57.0 Å². The van der Waals surface area contributed by atoms with Crippen LogP contribution in [0.1, 0.15) is 57.8 Å². The molecule has 36 heavy (non-hydrogen) atoms. The largest absolute Gasteiger partial charge is 0.598 e. The van der Waals surface area contributed by atoms with Gasteiger partial charge in [0.2, 0.25) is 0 Å². The van der Waals surface area contributed by atoms with Gasteiger partial charge < -0.3 is 18.9 Å². The molecule has 2 aliphatic rings. The summed E-state index contributed by atoms with van der Waals surface area (Å²) < 4.78 is 26.6. The third-order valence-electron chi connectivity index (χ3n) is 7.02. The number of hydrogen-bond donors (Lipinski definition) is 1. The van der Waals surface area contributed by atoms with Crippen LogP contribution in [0.25, 0.3) is 0 Å². The first-order chi connectivity index (χ1) is 17.2. The molecular weight excluding hydrogens is 476 g/mol. The lowest BCUT2D eigenvalue weighted by molar-refractivity contribution is -0.0485. The van der Waals surface area contributed by atoms with E-state index < -0.39 is 11.4 Å². The number of pyridine rings is 1. The number of carbonyl (C=O) groups is 1. The number of benzene rings is 1. The van der Waals surface area contributed by atoms with Gasteiger partial charge in [-0.15, -0.1) is 4.72 Å². The summed E-state index contributed by atoms with van der Waals surface area (Å²) in [4.78, 5) is 21.7. The molecule has 3 heterocycles. The average molecular weight is 515 g/mol. The zero-order valence-corrected chi connectivity index (χ0v) is 22.6. The minimum absolute atomic E-state index is 0.121. The van der Waals surface area contributed by atoms with Gasteiger partial charge in [0.15, 0.2) is 0 Å². The quantitative estimate of drug-likeness (QED) is 0.583. The van der Waals surface area contributed by atoms with Crippen LogP contribution in [0.2, 0.25) is 0 Å². The maximum atomic E-state index is 12.7. The maximum absolute atomic E-state index is 12.7. The molecule has 0 radical (unpaired) electrons. The van der Waals surface area contributed by atoms with E-state index in [1.165, 1.54) is 5.56 Å². The standard InChI is InChI=1S/C27H38N4O4S/c1-21(29-36(33)26(2,3)4)24-11-10-22(20-28-24)27(12-18-34-19-13-27)31-16-14-30(15-17-31)25(32)35-23-8-6-5-7-9-23/h5-11,20-21,29H,12-19H2,1-4H3/t21-,36?/m0/s1. The number of hydrogen-bond acceptors (Lipinski definition) is 7. The molecule has 1 aromatic carbocycles. The Morgan fingerprint density at radius 3 is 2.36 bits per heavy atom. The van der Waals surface area contributed by atoms with Crippen molar-refractivity contribution in [2.75, 3.05) is 39.4 Å². The second kappa shape index (κ2) is 11.5. The van der Waals surface area contributed by atoms with Crippen molar-refractivity contribution in [2.24, 2.45) is 0 Å². The molecule has 0 spiro atoms. The molecule has 2 aliphatic heterocycles. The van der Waals surface area contributed by atoms with E-state index in [4.69, 9.17) is 14.5 Å². The molecule has 2 atom stereocenters. The summed E-state index contributed by atoms with van der Waals surface area (Å²) in [5.74, 6) is 0.562. The molecule has 1 aromatic heterocycles. The zero-order chi connectivity index (χ0) is 25.8. The zero-order valence-electron chi connectivity index (χ0n) is 21.7. The topological polar surface area (TPSA) is 90.0 Å². The van der Waals surface area contributed by atoms with Crippen LogP contribution in [0.3, 0.4) is 0 Å². The molecule has 0 aliphatic carbocycles. The Bertz CT molecular complexity index is 985. The predicted molar refractivity (Wildman–Crippen MR) is 141 cm³/mol. The van der Waals surface area contributed by atoms with Crippen molar-refractivity contribution in [1.29, 1.82) is 0 Å². The average Bonchev–Trinajstić information content (AvgIpc) is 2.89. The number of para-hydroxylation sites is 1. The summed E-state index contributed by atoms with van der Waals surface area (Å²) in [6.45, 7) is 12.0.